The normalized spacial score (nSPS) is 10.6. The Bertz CT molecular complexity index is 546. The van der Waals surface area contributed by atoms with E-state index in [0.717, 1.165) is 0 Å². The Morgan fingerprint density at radius 2 is 1.80 bits per heavy atom. The number of carbonyl (C=O) groups is 2. The van der Waals surface area contributed by atoms with Crippen LogP contribution in [-0.4, -0.2) is 80.0 Å². The molecule has 0 radical (unpaired) electrons. The molecule has 0 aliphatic rings. The van der Waals surface area contributed by atoms with Crippen molar-refractivity contribution in [2.75, 3.05) is 46.7 Å². The summed E-state index contributed by atoms with van der Waals surface area (Å²) in [6.45, 7) is 4.70. The van der Waals surface area contributed by atoms with Crippen molar-refractivity contribution in [2.45, 2.75) is 0 Å². The zero-order chi connectivity index (χ0) is 18.3. The van der Waals surface area contributed by atoms with Gasteiger partial charge in [-0.15, -0.1) is 0 Å². The highest BCUT2D eigenvalue weighted by molar-refractivity contribution is 5.69. The second-order valence-corrected chi connectivity index (χ2v) is 4.52. The third-order valence-corrected chi connectivity index (χ3v) is 2.68. The average molecular weight is 354 g/mol. The molecular weight excluding hydrogens is 332 g/mol. The summed E-state index contributed by atoms with van der Waals surface area (Å²) in [4.78, 5) is 31.4. The van der Waals surface area contributed by atoms with E-state index >= 15 is 0 Å². The molecule has 0 aromatic carbocycles. The predicted octanol–water partition coefficient (Wildman–Crippen LogP) is 1.14. The Morgan fingerprint density at radius 1 is 1.16 bits per heavy atom. The Hall–Kier alpha value is -2.72. The van der Waals surface area contributed by atoms with Gasteiger partial charge in [0.1, 0.15) is 19.5 Å². The molecule has 0 aliphatic carbocycles. The molecule has 0 bridgehead atoms. The molecular formula is C15H22N4O6. The van der Waals surface area contributed by atoms with E-state index in [-0.39, 0.29) is 26.4 Å². The maximum absolute atomic E-state index is 11.5. The van der Waals surface area contributed by atoms with E-state index in [1.165, 1.54) is 40.6 Å². The topological polar surface area (TPSA) is 104 Å². The van der Waals surface area contributed by atoms with Crippen LogP contribution in [0, 0.1) is 0 Å². The fourth-order valence-corrected chi connectivity index (χ4v) is 1.45. The minimum absolute atomic E-state index is 0.126. The molecule has 0 spiro atoms. The lowest BCUT2D eigenvalue weighted by molar-refractivity contribution is 0.0137. The zero-order valence-corrected chi connectivity index (χ0v) is 14.1. The van der Waals surface area contributed by atoms with Crippen LogP contribution in [0.5, 0.6) is 0 Å². The molecule has 10 heteroatoms. The number of hydrogen-bond donors (Lipinski definition) is 0. The van der Waals surface area contributed by atoms with Crippen molar-refractivity contribution in [1.29, 1.82) is 0 Å². The van der Waals surface area contributed by atoms with Crippen LogP contribution in [0.1, 0.15) is 0 Å². The zero-order valence-electron chi connectivity index (χ0n) is 14.1. The molecule has 0 fully saturated rings. The van der Waals surface area contributed by atoms with Gasteiger partial charge in [0.2, 0.25) is 0 Å². The summed E-state index contributed by atoms with van der Waals surface area (Å²) in [5.41, 5.74) is 0. The first-order valence-corrected chi connectivity index (χ1v) is 7.48. The van der Waals surface area contributed by atoms with E-state index in [4.69, 9.17) is 18.9 Å². The Morgan fingerprint density at radius 3 is 2.40 bits per heavy atom. The molecule has 10 nitrogen and oxygen atoms in total. The molecule has 1 aromatic rings. The summed E-state index contributed by atoms with van der Waals surface area (Å²) >= 11 is 0. The van der Waals surface area contributed by atoms with E-state index in [9.17, 15) is 9.59 Å². The molecule has 0 unspecified atom stereocenters. The van der Waals surface area contributed by atoms with Gasteiger partial charge >= 0.3 is 12.2 Å². The Labute approximate surface area is 145 Å². The van der Waals surface area contributed by atoms with Crippen molar-refractivity contribution < 1.29 is 28.5 Å². The van der Waals surface area contributed by atoms with Gasteiger partial charge in [0, 0.05) is 31.8 Å². The summed E-state index contributed by atoms with van der Waals surface area (Å²) in [7, 11) is 1.54. The lowest BCUT2D eigenvalue weighted by Crippen LogP contribution is -2.23. The number of amides is 1. The SMILES string of the molecule is C=N/C=C\N(C)C(=O)OCCOCCOCCOC(=O)n1ccnc1. The third-order valence-electron chi connectivity index (χ3n) is 2.68. The molecule has 0 aliphatic heterocycles. The molecule has 1 rings (SSSR count). The fraction of sp³-hybridized carbons (Fsp3) is 0.467. The fourth-order valence-electron chi connectivity index (χ4n) is 1.45. The van der Waals surface area contributed by atoms with Crippen LogP contribution in [0.4, 0.5) is 9.59 Å². The molecule has 1 amide bonds. The summed E-state index contributed by atoms with van der Waals surface area (Å²) in [5, 5.41) is 0. The summed E-state index contributed by atoms with van der Waals surface area (Å²) in [6, 6.07) is 0. The average Bonchev–Trinajstić information content (AvgIpc) is 3.15. The highest BCUT2D eigenvalue weighted by Crippen LogP contribution is 1.93. The van der Waals surface area contributed by atoms with Crippen LogP contribution in [0.2, 0.25) is 0 Å². The first-order chi connectivity index (χ1) is 12.1. The van der Waals surface area contributed by atoms with E-state index in [1.807, 2.05) is 0 Å². The molecule has 1 heterocycles. The standard InChI is InChI=1S/C15H22N4O6/c1-16-3-5-18(2)14(20)24-11-9-22-7-8-23-10-12-25-15(21)19-6-4-17-13-19/h3-6,13H,1,7-12H2,2H3/b5-3-. The number of nitrogens with zero attached hydrogens (tertiary/aromatic N) is 4. The van der Waals surface area contributed by atoms with E-state index in [0.29, 0.717) is 13.2 Å². The highest BCUT2D eigenvalue weighted by atomic mass is 16.6. The smallest absolute Gasteiger partial charge is 0.419 e. The largest absolute Gasteiger partial charge is 0.447 e. The van der Waals surface area contributed by atoms with Gasteiger partial charge in [-0.1, -0.05) is 0 Å². The predicted molar refractivity (Wildman–Crippen MR) is 88.4 cm³/mol. The number of hydrogen-bond acceptors (Lipinski definition) is 8. The van der Waals surface area contributed by atoms with Crippen LogP contribution in [0.25, 0.3) is 0 Å². The maximum Gasteiger partial charge on any atom is 0.419 e. The molecule has 0 saturated heterocycles. The van der Waals surface area contributed by atoms with Crippen LogP contribution >= 0.6 is 0 Å². The van der Waals surface area contributed by atoms with E-state index < -0.39 is 12.2 Å². The van der Waals surface area contributed by atoms with E-state index in [1.54, 1.807) is 7.05 Å². The Kier molecular flexibility index (Phi) is 10.3. The Balaban J connectivity index is 1.90. The molecule has 25 heavy (non-hydrogen) atoms. The minimum atomic E-state index is -0.514. The lowest BCUT2D eigenvalue weighted by Gasteiger charge is -2.12. The van der Waals surface area contributed by atoms with Crippen molar-refractivity contribution in [3.05, 3.63) is 31.1 Å². The van der Waals surface area contributed by atoms with Crippen molar-refractivity contribution in [1.82, 2.24) is 14.5 Å². The lowest BCUT2D eigenvalue weighted by atomic mass is 10.7. The van der Waals surface area contributed by atoms with Crippen molar-refractivity contribution >= 4 is 18.9 Å². The summed E-state index contributed by atoms with van der Waals surface area (Å²) in [6.07, 6.45) is 6.12. The number of carbonyl (C=O) groups excluding carboxylic acids is 2. The third kappa shape index (κ3) is 9.23. The van der Waals surface area contributed by atoms with Gasteiger partial charge in [0.05, 0.1) is 26.4 Å². The van der Waals surface area contributed by atoms with Gasteiger partial charge in [-0.05, 0) is 6.72 Å². The van der Waals surface area contributed by atoms with Gasteiger partial charge in [-0.2, -0.15) is 0 Å². The van der Waals surface area contributed by atoms with Gasteiger partial charge in [-0.3, -0.25) is 9.89 Å². The van der Waals surface area contributed by atoms with Crippen molar-refractivity contribution in [3.8, 4) is 0 Å². The van der Waals surface area contributed by atoms with Gasteiger partial charge in [0.25, 0.3) is 0 Å². The van der Waals surface area contributed by atoms with Crippen LogP contribution in [-0.2, 0) is 18.9 Å². The summed E-state index contributed by atoms with van der Waals surface area (Å²) in [5.74, 6) is 0. The minimum Gasteiger partial charge on any atom is -0.447 e. The maximum atomic E-state index is 11.5. The number of aliphatic imine (C=N–C) groups is 1. The number of ether oxygens (including phenoxy) is 4. The van der Waals surface area contributed by atoms with Crippen LogP contribution < -0.4 is 0 Å². The molecule has 0 N–H and O–H groups in total. The van der Waals surface area contributed by atoms with Crippen LogP contribution in [0.15, 0.2) is 36.1 Å². The molecule has 138 valence electrons. The van der Waals surface area contributed by atoms with Crippen LogP contribution in [0.3, 0.4) is 0 Å². The van der Waals surface area contributed by atoms with Gasteiger partial charge in [0.15, 0.2) is 0 Å². The van der Waals surface area contributed by atoms with Crippen molar-refractivity contribution in [3.63, 3.8) is 0 Å². The second kappa shape index (κ2) is 12.7. The number of aromatic nitrogens is 2. The number of rotatable bonds is 11. The first-order valence-electron chi connectivity index (χ1n) is 7.48. The number of imidazole rings is 1. The quantitative estimate of drug-likeness (QED) is 0.433. The van der Waals surface area contributed by atoms with Gasteiger partial charge < -0.3 is 18.9 Å². The van der Waals surface area contributed by atoms with Crippen molar-refractivity contribution in [2.24, 2.45) is 4.99 Å². The van der Waals surface area contributed by atoms with E-state index in [2.05, 4.69) is 16.7 Å². The molecule has 0 saturated carbocycles. The first kappa shape index (κ1) is 20.3. The highest BCUT2D eigenvalue weighted by Gasteiger charge is 2.06. The second-order valence-electron chi connectivity index (χ2n) is 4.52. The molecule has 0 atom stereocenters. The van der Waals surface area contributed by atoms with Gasteiger partial charge in [-0.25, -0.2) is 19.1 Å². The summed E-state index contributed by atoms with van der Waals surface area (Å²) < 4.78 is 21.6. The monoisotopic (exact) mass is 354 g/mol. The molecule has 1 aromatic heterocycles.